The zero-order valence-electron chi connectivity index (χ0n) is 46.3. The fourth-order valence-electron chi connectivity index (χ4n) is 7.52. The van der Waals surface area contributed by atoms with Crippen LogP contribution in [0, 0.1) is 0 Å². The summed E-state index contributed by atoms with van der Waals surface area (Å²) in [6.07, 6.45) is 1.42. The van der Waals surface area contributed by atoms with Crippen LogP contribution in [0.3, 0.4) is 0 Å². The van der Waals surface area contributed by atoms with Crippen molar-refractivity contribution in [1.82, 2.24) is 14.5 Å². The molecule has 0 aliphatic carbocycles. The van der Waals surface area contributed by atoms with E-state index in [0.717, 1.165) is 50.1 Å². The van der Waals surface area contributed by atoms with Crippen molar-refractivity contribution in [2.24, 2.45) is 0 Å². The third-order valence-corrected chi connectivity index (χ3v) is 10.7. The Morgan fingerprint density at radius 3 is 1.83 bits per heavy atom. The number of hydrogen-bond acceptors (Lipinski definition) is 3. The van der Waals surface area contributed by atoms with E-state index in [1.165, 1.54) is 12.3 Å². The predicted molar refractivity (Wildman–Crippen MR) is 251 cm³/mol. The van der Waals surface area contributed by atoms with Crippen LogP contribution in [-0.4, -0.2) is 19.6 Å². The molecule has 9 aromatic rings. The number of hydrogen-bond donors (Lipinski definition) is 1. The average Bonchev–Trinajstić information content (AvgIpc) is 3.73. The average molecular weight is 793 g/mol. The van der Waals surface area contributed by atoms with Gasteiger partial charge in [0.1, 0.15) is 11.6 Å². The molecule has 4 nitrogen and oxygen atoms in total. The molecule has 0 bridgehead atoms. The van der Waals surface area contributed by atoms with Crippen molar-refractivity contribution in [3.63, 3.8) is 0 Å². The number of phenolic OH excluding ortho intramolecular Hbond substituents is 1. The molecule has 0 aliphatic rings. The van der Waals surface area contributed by atoms with Gasteiger partial charge in [-0.05, 0) is 122 Å². The standard InChI is InChI=1S/C56H49N3O/c1-55(2,3)45-26-24-39(25-27-45)40-28-29-57-50(35-40)44-31-41(37-16-9-7-10-17-37)30-43(32-44)48-21-15-22-51-53(48)58-54(49-20-13-14-23-52(49)60)59(51)47-34-42(38-18-11-8-12-19-38)33-46(36-47)56(4,5)6/h7-36,60H,1-6H3/i1D3,2D3,3D3,24D,25D,26D,27D. The smallest absolute Gasteiger partial charge is 0.149 e. The highest BCUT2D eigenvalue weighted by atomic mass is 16.3. The number of para-hydroxylation sites is 2. The van der Waals surface area contributed by atoms with Crippen molar-refractivity contribution in [3.8, 4) is 78.6 Å². The fraction of sp³-hybridized carbons (Fsp3) is 0.143. The molecule has 0 atom stereocenters. The number of aromatic nitrogens is 3. The minimum Gasteiger partial charge on any atom is -0.507 e. The van der Waals surface area contributed by atoms with Crippen LogP contribution in [0.5, 0.6) is 5.75 Å². The SMILES string of the molecule is [2H]c1c([2H])c(C(C([2H])([2H])[2H])(C([2H])([2H])[2H])C([2H])([2H])[2H])c([2H])c([2H])c1-c1ccnc(-c2cc(-c3ccccc3)cc(-c3cccc4c3nc(-c3ccccc3O)n4-c3cc(-c4ccccc4)cc(C(C)(C)C)c3)c2)c1. The van der Waals surface area contributed by atoms with E-state index in [2.05, 4.69) is 55.7 Å². The maximum absolute atomic E-state index is 11.4. The molecule has 294 valence electrons. The summed E-state index contributed by atoms with van der Waals surface area (Å²) >= 11 is 0. The first-order chi connectivity index (χ1) is 34.3. The number of phenols is 1. The summed E-state index contributed by atoms with van der Waals surface area (Å²) in [7, 11) is 0. The summed E-state index contributed by atoms with van der Waals surface area (Å²) in [6.45, 7) is -4.92. The molecule has 2 aromatic heterocycles. The van der Waals surface area contributed by atoms with Crippen molar-refractivity contribution in [3.05, 3.63) is 193 Å². The molecule has 0 unspecified atom stereocenters. The first-order valence-corrected chi connectivity index (χ1v) is 19.6. The third kappa shape index (κ3) is 7.53. The lowest BCUT2D eigenvalue weighted by Gasteiger charge is -2.22. The Balaban J connectivity index is 1.27. The molecule has 1 N–H and O–H groups in total. The van der Waals surface area contributed by atoms with Crippen LogP contribution < -0.4 is 0 Å². The highest BCUT2D eigenvalue weighted by Gasteiger charge is 2.23. The quantitative estimate of drug-likeness (QED) is 0.175. The molecule has 0 amide bonds. The van der Waals surface area contributed by atoms with Gasteiger partial charge in [0, 0.05) is 35.3 Å². The lowest BCUT2D eigenvalue weighted by molar-refractivity contribution is 0.477. The summed E-state index contributed by atoms with van der Waals surface area (Å²) in [6, 6.07) is 44.4. The lowest BCUT2D eigenvalue weighted by atomic mass is 9.85. The van der Waals surface area contributed by atoms with Gasteiger partial charge in [-0.25, -0.2) is 4.98 Å². The molecule has 60 heavy (non-hydrogen) atoms. The molecule has 0 saturated carbocycles. The van der Waals surface area contributed by atoms with Crippen molar-refractivity contribution in [2.45, 2.75) is 52.2 Å². The summed E-state index contributed by atoms with van der Waals surface area (Å²) in [5, 5.41) is 11.4. The second-order valence-electron chi connectivity index (χ2n) is 15.9. The minimum atomic E-state index is -3.81. The van der Waals surface area contributed by atoms with Crippen LogP contribution in [0.25, 0.3) is 83.9 Å². The Morgan fingerprint density at radius 1 is 0.517 bits per heavy atom. The number of benzene rings is 7. The molecule has 0 spiro atoms. The van der Waals surface area contributed by atoms with Gasteiger partial charge in [0.2, 0.25) is 0 Å². The predicted octanol–water partition coefficient (Wildman–Crippen LogP) is 14.7. The fourth-order valence-corrected chi connectivity index (χ4v) is 7.52. The maximum Gasteiger partial charge on any atom is 0.149 e. The van der Waals surface area contributed by atoms with E-state index in [0.29, 0.717) is 28.2 Å². The normalized spacial score (nSPS) is 15.7. The van der Waals surface area contributed by atoms with Crippen molar-refractivity contribution in [2.75, 3.05) is 0 Å². The summed E-state index contributed by atoms with van der Waals surface area (Å²) in [5.74, 6) is 0.567. The van der Waals surface area contributed by atoms with Crippen molar-refractivity contribution in [1.29, 1.82) is 0 Å². The molecule has 0 aliphatic heterocycles. The Kier molecular flexibility index (Phi) is 6.66. The molecule has 0 radical (unpaired) electrons. The number of imidazole rings is 1. The van der Waals surface area contributed by atoms with Crippen LogP contribution in [0.4, 0.5) is 0 Å². The second kappa shape index (κ2) is 15.3. The van der Waals surface area contributed by atoms with E-state index in [9.17, 15) is 5.11 Å². The third-order valence-electron chi connectivity index (χ3n) is 10.7. The zero-order valence-corrected chi connectivity index (χ0v) is 33.3. The van der Waals surface area contributed by atoms with E-state index in [1.807, 2.05) is 97.1 Å². The molecular weight excluding hydrogens is 731 g/mol. The van der Waals surface area contributed by atoms with Gasteiger partial charge < -0.3 is 5.11 Å². The Bertz CT molecular complexity index is 3510. The number of aromatic hydroxyl groups is 1. The van der Waals surface area contributed by atoms with E-state index in [1.54, 1.807) is 18.2 Å². The second-order valence-corrected chi connectivity index (χ2v) is 15.9. The largest absolute Gasteiger partial charge is 0.507 e. The van der Waals surface area contributed by atoms with Crippen LogP contribution in [0.15, 0.2) is 182 Å². The van der Waals surface area contributed by atoms with Crippen LogP contribution >= 0.6 is 0 Å². The van der Waals surface area contributed by atoms with Gasteiger partial charge in [0.15, 0.2) is 0 Å². The maximum atomic E-state index is 11.4. The highest BCUT2D eigenvalue weighted by molar-refractivity contribution is 5.98. The van der Waals surface area contributed by atoms with Gasteiger partial charge in [-0.2, -0.15) is 0 Å². The number of pyridine rings is 1. The summed E-state index contributed by atoms with van der Waals surface area (Å²) in [5.41, 5.74) is 4.58. The Hall–Kier alpha value is -7.04. The molecule has 0 saturated heterocycles. The van der Waals surface area contributed by atoms with Gasteiger partial charge in [-0.1, -0.05) is 156 Å². The highest BCUT2D eigenvalue weighted by Crippen LogP contribution is 2.41. The first kappa shape index (κ1) is 26.1. The monoisotopic (exact) mass is 792 g/mol. The number of nitrogens with zero attached hydrogens (tertiary/aromatic N) is 3. The van der Waals surface area contributed by atoms with Crippen molar-refractivity contribution < 1.29 is 22.9 Å². The van der Waals surface area contributed by atoms with Gasteiger partial charge in [-0.15, -0.1) is 0 Å². The minimum absolute atomic E-state index is 0.0535. The van der Waals surface area contributed by atoms with Gasteiger partial charge >= 0.3 is 0 Å². The Morgan fingerprint density at radius 2 is 1.15 bits per heavy atom. The number of rotatable bonds is 7. The topological polar surface area (TPSA) is 50.9 Å². The molecule has 4 heteroatoms. The first-order valence-electron chi connectivity index (χ1n) is 26.1. The van der Waals surface area contributed by atoms with Crippen LogP contribution in [0.1, 0.15) is 70.3 Å². The molecule has 7 aromatic carbocycles. The van der Waals surface area contributed by atoms with Crippen molar-refractivity contribution >= 4 is 11.0 Å². The van der Waals surface area contributed by atoms with E-state index in [-0.39, 0.29) is 22.3 Å². The lowest BCUT2D eigenvalue weighted by Crippen LogP contribution is -2.12. The van der Waals surface area contributed by atoms with E-state index in [4.69, 9.17) is 27.8 Å². The molecule has 0 fully saturated rings. The van der Waals surface area contributed by atoms with Gasteiger partial charge in [0.25, 0.3) is 0 Å². The molecule has 2 heterocycles. The summed E-state index contributed by atoms with van der Waals surface area (Å²) < 4.78 is 112. The Labute approximate surface area is 371 Å². The zero-order chi connectivity index (χ0) is 52.6. The molecular formula is C56H49N3O. The van der Waals surface area contributed by atoms with Gasteiger partial charge in [-0.3, -0.25) is 9.55 Å². The number of fused-ring (bicyclic) bond motifs is 1. The van der Waals surface area contributed by atoms with Gasteiger partial charge in [0.05, 0.1) is 27.8 Å². The van der Waals surface area contributed by atoms with E-state index < -0.39 is 55.7 Å². The molecule has 9 rings (SSSR count). The summed E-state index contributed by atoms with van der Waals surface area (Å²) in [4.78, 5) is 10.1. The van der Waals surface area contributed by atoms with Crippen LogP contribution in [-0.2, 0) is 10.8 Å². The van der Waals surface area contributed by atoms with Crippen LogP contribution in [0.2, 0.25) is 0 Å². The van der Waals surface area contributed by atoms with E-state index >= 15 is 0 Å².